The topological polar surface area (TPSA) is 161 Å². The fraction of sp³-hybridized carbons (Fsp3) is 0.312. The van der Waals surface area contributed by atoms with Crippen molar-refractivity contribution < 1.29 is 34.9 Å². The van der Waals surface area contributed by atoms with Gasteiger partial charge >= 0.3 is 0 Å². The number of non-ortho nitro benzene ring substituents is 1. The van der Waals surface area contributed by atoms with Crippen molar-refractivity contribution in [3.05, 3.63) is 93.1 Å². The first-order valence-corrected chi connectivity index (χ1v) is 13.8. The van der Waals surface area contributed by atoms with E-state index < -0.39 is 53.8 Å². The number of aromatic hydroxyl groups is 1. The Morgan fingerprint density at radius 3 is 2.50 bits per heavy atom. The number of amides is 2. The molecule has 0 saturated carbocycles. The van der Waals surface area contributed by atoms with Gasteiger partial charge < -0.3 is 20.4 Å². The number of aliphatic hydroxyl groups excluding tert-OH is 3. The zero-order valence-electron chi connectivity index (χ0n) is 23.0. The number of hydrogen-bond acceptors (Lipinski definition) is 8. The molecule has 42 heavy (non-hydrogen) atoms. The number of phenolic OH excluding ortho intramolecular Hbond substituents is 1. The summed E-state index contributed by atoms with van der Waals surface area (Å²) in [4.78, 5) is 38.6. The molecule has 1 aliphatic heterocycles. The van der Waals surface area contributed by atoms with E-state index in [9.17, 15) is 40.1 Å². The second-order valence-corrected chi connectivity index (χ2v) is 10.9. The van der Waals surface area contributed by atoms with Gasteiger partial charge in [0.25, 0.3) is 5.69 Å². The van der Waals surface area contributed by atoms with Crippen LogP contribution < -0.4 is 4.90 Å². The molecule has 1 fully saturated rings. The van der Waals surface area contributed by atoms with Crippen LogP contribution in [-0.4, -0.2) is 56.5 Å². The number of aliphatic hydroxyl groups is 3. The normalized spacial score (nSPS) is 21.7. The lowest BCUT2D eigenvalue weighted by Gasteiger charge is -2.36. The van der Waals surface area contributed by atoms with Gasteiger partial charge in [-0.3, -0.25) is 19.7 Å². The second kappa shape index (κ2) is 11.8. The van der Waals surface area contributed by atoms with Crippen LogP contribution in [0.4, 0.5) is 11.4 Å². The highest BCUT2D eigenvalue weighted by molar-refractivity contribution is 6.22. The molecule has 10 nitrogen and oxygen atoms in total. The van der Waals surface area contributed by atoms with E-state index in [-0.39, 0.29) is 30.0 Å². The predicted octanol–water partition coefficient (Wildman–Crippen LogP) is 4.10. The molecule has 0 bridgehead atoms. The van der Waals surface area contributed by atoms with Crippen LogP contribution >= 0.6 is 0 Å². The quantitative estimate of drug-likeness (QED) is 0.129. The van der Waals surface area contributed by atoms with Gasteiger partial charge in [-0.2, -0.15) is 0 Å². The Hall–Kier alpha value is -4.38. The Labute approximate surface area is 242 Å². The molecule has 5 rings (SSSR count). The summed E-state index contributed by atoms with van der Waals surface area (Å²) in [5.74, 6) is -3.69. The molecule has 3 aromatic rings. The van der Waals surface area contributed by atoms with Crippen molar-refractivity contribution in [3.63, 3.8) is 0 Å². The summed E-state index contributed by atoms with van der Waals surface area (Å²) in [6, 6.07) is 16.2. The van der Waals surface area contributed by atoms with Gasteiger partial charge in [-0.15, -0.1) is 0 Å². The highest BCUT2D eigenvalue weighted by Crippen LogP contribution is 2.47. The molecule has 1 saturated heterocycles. The minimum atomic E-state index is -1.08. The van der Waals surface area contributed by atoms with Gasteiger partial charge in [-0.1, -0.05) is 48.0 Å². The van der Waals surface area contributed by atoms with E-state index >= 15 is 0 Å². The van der Waals surface area contributed by atoms with Crippen LogP contribution in [0.5, 0.6) is 5.75 Å². The summed E-state index contributed by atoms with van der Waals surface area (Å²) in [5, 5.41) is 55.0. The predicted molar refractivity (Wildman–Crippen MR) is 156 cm³/mol. The average Bonchev–Trinajstić information content (AvgIpc) is 3.25. The number of hydrogen-bond donors (Lipinski definition) is 4. The summed E-state index contributed by atoms with van der Waals surface area (Å²) >= 11 is 0. The van der Waals surface area contributed by atoms with Gasteiger partial charge in [0.15, 0.2) is 0 Å². The van der Waals surface area contributed by atoms with E-state index in [1.54, 1.807) is 6.07 Å². The Morgan fingerprint density at radius 2 is 1.81 bits per heavy atom. The molecule has 3 aromatic carbocycles. The third-order valence-electron chi connectivity index (χ3n) is 8.38. The SMILES string of the molecule is C/C(=C\c1ccc(O)c2ccccc12)CC[C@@H](O)C1=C(CO)C[C@H]2C(=O)N(c3cccc([N+](=O)[O-])c3)C(=O)[C@H]2[C@H]1CO. The maximum atomic E-state index is 13.6. The Kier molecular flexibility index (Phi) is 8.22. The number of nitrogens with zero attached hydrogens (tertiary/aromatic N) is 2. The fourth-order valence-corrected chi connectivity index (χ4v) is 6.40. The van der Waals surface area contributed by atoms with E-state index in [1.807, 2.05) is 43.3 Å². The van der Waals surface area contributed by atoms with Crippen molar-refractivity contribution in [3.8, 4) is 5.75 Å². The number of phenols is 1. The van der Waals surface area contributed by atoms with Crippen LogP contribution in [0, 0.1) is 27.9 Å². The van der Waals surface area contributed by atoms with Crippen molar-refractivity contribution in [2.45, 2.75) is 32.3 Å². The molecular weight excluding hydrogens is 540 g/mol. The van der Waals surface area contributed by atoms with E-state index in [0.717, 1.165) is 32.9 Å². The van der Waals surface area contributed by atoms with Crippen LogP contribution in [0.15, 0.2) is 77.4 Å². The lowest BCUT2D eigenvalue weighted by molar-refractivity contribution is -0.384. The molecule has 1 aliphatic carbocycles. The van der Waals surface area contributed by atoms with Crippen molar-refractivity contribution in [2.24, 2.45) is 17.8 Å². The maximum Gasteiger partial charge on any atom is 0.271 e. The summed E-state index contributed by atoms with van der Waals surface area (Å²) in [7, 11) is 0. The number of rotatable bonds is 9. The third kappa shape index (κ3) is 5.20. The summed E-state index contributed by atoms with van der Waals surface area (Å²) < 4.78 is 0. The number of carbonyl (C=O) groups is 2. The van der Waals surface area contributed by atoms with Crippen LogP contribution in [0.3, 0.4) is 0 Å². The molecule has 0 unspecified atom stereocenters. The number of fused-ring (bicyclic) bond motifs is 2. The molecular formula is C32H32N2O8. The Bertz CT molecular complexity index is 1630. The van der Waals surface area contributed by atoms with E-state index in [4.69, 9.17) is 0 Å². The molecule has 2 amide bonds. The number of nitro groups is 1. The second-order valence-electron chi connectivity index (χ2n) is 10.9. The molecule has 2 aliphatic rings. The van der Waals surface area contributed by atoms with Crippen LogP contribution in [-0.2, 0) is 9.59 Å². The highest BCUT2D eigenvalue weighted by Gasteiger charge is 2.55. The number of carbonyl (C=O) groups excluding carboxylic acids is 2. The number of anilines is 1. The summed E-state index contributed by atoms with van der Waals surface area (Å²) in [5.41, 5.74) is 2.45. The van der Waals surface area contributed by atoms with Gasteiger partial charge in [-0.05, 0) is 60.4 Å². The molecule has 1 heterocycles. The minimum absolute atomic E-state index is 0.0361. The van der Waals surface area contributed by atoms with E-state index in [1.165, 1.54) is 18.2 Å². The average molecular weight is 573 g/mol. The maximum absolute atomic E-state index is 13.6. The molecule has 10 heteroatoms. The van der Waals surface area contributed by atoms with Gasteiger partial charge in [0.1, 0.15) is 5.75 Å². The molecule has 0 radical (unpaired) electrons. The van der Waals surface area contributed by atoms with Crippen LogP contribution in [0.25, 0.3) is 16.8 Å². The van der Waals surface area contributed by atoms with Gasteiger partial charge in [0.05, 0.1) is 41.8 Å². The smallest absolute Gasteiger partial charge is 0.271 e. The largest absolute Gasteiger partial charge is 0.507 e. The van der Waals surface area contributed by atoms with Crippen molar-refractivity contribution in [1.82, 2.24) is 0 Å². The van der Waals surface area contributed by atoms with Crippen molar-refractivity contribution in [2.75, 3.05) is 18.1 Å². The zero-order chi connectivity index (χ0) is 30.1. The first-order chi connectivity index (χ1) is 20.2. The number of nitro benzene ring substituents is 1. The highest BCUT2D eigenvalue weighted by atomic mass is 16.6. The molecule has 4 N–H and O–H groups in total. The lowest BCUT2D eigenvalue weighted by atomic mass is 9.68. The first-order valence-electron chi connectivity index (χ1n) is 13.8. The zero-order valence-corrected chi connectivity index (χ0v) is 23.0. The van der Waals surface area contributed by atoms with Crippen molar-refractivity contribution in [1.29, 1.82) is 0 Å². The first kappa shape index (κ1) is 29.1. The van der Waals surface area contributed by atoms with Gasteiger partial charge in [0.2, 0.25) is 11.8 Å². The number of benzene rings is 3. The Morgan fingerprint density at radius 1 is 1.07 bits per heavy atom. The van der Waals surface area contributed by atoms with Gasteiger partial charge in [0, 0.05) is 23.4 Å². The standard InChI is InChI=1S/C32H32N2O8/c1-18(13-19-10-12-27(37)24-8-3-2-7-23(19)24)9-11-28(38)29-20(16-35)14-25-30(26(29)17-36)32(40)33(31(25)39)21-5-4-6-22(15-21)34(41)42/h2-8,10,12-13,15,25-26,28,30,35-38H,9,11,14,16-17H2,1H3/b18-13+/t25-,26+,28-,30-/m1/s1. The number of imide groups is 1. The number of allylic oxidation sites excluding steroid dienone is 1. The third-order valence-corrected chi connectivity index (χ3v) is 8.38. The Balaban J connectivity index is 1.38. The fourth-order valence-electron chi connectivity index (χ4n) is 6.40. The van der Waals surface area contributed by atoms with E-state index in [0.29, 0.717) is 17.6 Å². The molecule has 4 atom stereocenters. The molecule has 0 aromatic heterocycles. The molecule has 218 valence electrons. The summed E-state index contributed by atoms with van der Waals surface area (Å²) in [6.07, 6.45) is 1.65. The van der Waals surface area contributed by atoms with Crippen LogP contribution in [0.2, 0.25) is 0 Å². The van der Waals surface area contributed by atoms with Crippen LogP contribution in [0.1, 0.15) is 31.7 Å². The van der Waals surface area contributed by atoms with Crippen molar-refractivity contribution >= 4 is 40.0 Å². The lowest BCUT2D eigenvalue weighted by Crippen LogP contribution is -2.39. The molecule has 0 spiro atoms. The minimum Gasteiger partial charge on any atom is -0.507 e. The summed E-state index contributed by atoms with van der Waals surface area (Å²) in [6.45, 7) is 0.956. The van der Waals surface area contributed by atoms with E-state index in [2.05, 4.69) is 0 Å². The van der Waals surface area contributed by atoms with Gasteiger partial charge in [-0.25, -0.2) is 4.90 Å². The monoisotopic (exact) mass is 572 g/mol.